The Morgan fingerprint density at radius 2 is 2.32 bits per heavy atom. The van der Waals surface area contributed by atoms with E-state index in [0.29, 0.717) is 16.0 Å². The lowest BCUT2D eigenvalue weighted by molar-refractivity contribution is -0.112. The van der Waals surface area contributed by atoms with Gasteiger partial charge in [-0.3, -0.25) is 10.1 Å². The first kappa shape index (κ1) is 16.3. The number of aromatic nitrogens is 2. The molecule has 2 aromatic rings. The number of carbonyl (C=O) groups is 1. The monoisotopic (exact) mass is 380 g/mol. The molecule has 1 heterocycles. The summed E-state index contributed by atoms with van der Waals surface area (Å²) in [5, 5.41) is 20.3. The van der Waals surface area contributed by atoms with Gasteiger partial charge in [0.1, 0.15) is 22.5 Å². The molecule has 0 fully saturated rings. The fourth-order valence-electron chi connectivity index (χ4n) is 1.54. The van der Waals surface area contributed by atoms with Crippen LogP contribution in [0, 0.1) is 17.1 Å². The molecule has 0 aliphatic heterocycles. The summed E-state index contributed by atoms with van der Waals surface area (Å²) in [5.41, 5.74) is -0.0714. The molecule has 0 unspecified atom stereocenters. The van der Waals surface area contributed by atoms with E-state index < -0.39 is 11.7 Å². The number of hydrogen-bond acceptors (Lipinski definition) is 5. The fourth-order valence-corrected chi connectivity index (χ4v) is 2.59. The molecular weight excluding hydrogens is 371 g/mol. The van der Waals surface area contributed by atoms with Crippen LogP contribution in [0.5, 0.6) is 0 Å². The Morgan fingerprint density at radius 1 is 1.55 bits per heavy atom. The molecule has 1 amide bonds. The maximum absolute atomic E-state index is 13.7. The second kappa shape index (κ2) is 7.24. The first-order chi connectivity index (χ1) is 10.5. The van der Waals surface area contributed by atoms with Crippen LogP contribution in [0.3, 0.4) is 0 Å². The van der Waals surface area contributed by atoms with Crippen LogP contribution in [0.15, 0.2) is 28.2 Å². The average molecular weight is 381 g/mol. The maximum atomic E-state index is 13.7. The third-order valence-corrected chi connectivity index (χ3v) is 4.09. The third kappa shape index (κ3) is 3.96. The quantitative estimate of drug-likeness (QED) is 0.649. The highest BCUT2D eigenvalue weighted by atomic mass is 79.9. The van der Waals surface area contributed by atoms with E-state index in [-0.39, 0.29) is 11.1 Å². The van der Waals surface area contributed by atoms with Crippen molar-refractivity contribution in [2.24, 2.45) is 0 Å². The summed E-state index contributed by atoms with van der Waals surface area (Å²) < 4.78 is 14.3. The van der Waals surface area contributed by atoms with Crippen LogP contribution >= 0.6 is 27.3 Å². The molecule has 0 saturated heterocycles. The smallest absolute Gasteiger partial charge is 0.268 e. The highest BCUT2D eigenvalue weighted by Gasteiger charge is 2.13. The van der Waals surface area contributed by atoms with E-state index in [1.54, 1.807) is 6.07 Å². The van der Waals surface area contributed by atoms with Crippen molar-refractivity contribution in [3.63, 3.8) is 0 Å². The van der Waals surface area contributed by atoms with Crippen molar-refractivity contribution in [2.45, 2.75) is 13.3 Å². The summed E-state index contributed by atoms with van der Waals surface area (Å²) in [6.45, 7) is 1.92. The van der Waals surface area contributed by atoms with Gasteiger partial charge in [-0.15, -0.1) is 10.2 Å². The predicted molar refractivity (Wildman–Crippen MR) is 85.6 cm³/mol. The van der Waals surface area contributed by atoms with Gasteiger partial charge in [0.05, 0.1) is 0 Å². The second-order valence-electron chi connectivity index (χ2n) is 4.14. The minimum atomic E-state index is -0.652. The Hall–Kier alpha value is -2.11. The number of nitrogens with zero attached hydrogens (tertiary/aromatic N) is 3. The van der Waals surface area contributed by atoms with Crippen molar-refractivity contribution >= 4 is 44.4 Å². The number of nitriles is 1. The van der Waals surface area contributed by atoms with Crippen molar-refractivity contribution in [3.8, 4) is 6.07 Å². The van der Waals surface area contributed by atoms with E-state index >= 15 is 0 Å². The van der Waals surface area contributed by atoms with Gasteiger partial charge in [0.25, 0.3) is 5.91 Å². The van der Waals surface area contributed by atoms with Crippen LogP contribution in [0.25, 0.3) is 6.08 Å². The zero-order valence-corrected chi connectivity index (χ0v) is 13.8. The molecule has 0 radical (unpaired) electrons. The Morgan fingerprint density at radius 3 is 2.95 bits per heavy atom. The number of nitrogens with one attached hydrogen (secondary N) is 1. The van der Waals surface area contributed by atoms with E-state index in [1.165, 1.54) is 35.6 Å². The van der Waals surface area contributed by atoms with Gasteiger partial charge in [0.15, 0.2) is 0 Å². The number of anilines is 1. The molecule has 0 spiro atoms. The number of rotatable bonds is 4. The Kier molecular flexibility index (Phi) is 5.35. The van der Waals surface area contributed by atoms with E-state index in [0.717, 1.165) is 5.01 Å². The van der Waals surface area contributed by atoms with Crippen LogP contribution in [0.2, 0.25) is 0 Å². The van der Waals surface area contributed by atoms with Gasteiger partial charge < -0.3 is 0 Å². The first-order valence-corrected chi connectivity index (χ1v) is 7.85. The number of amides is 1. The molecule has 2 rings (SSSR count). The predicted octanol–water partition coefficient (Wildman–Crippen LogP) is 3.55. The lowest BCUT2D eigenvalue weighted by Crippen LogP contribution is -2.13. The number of halogens is 2. The third-order valence-electron chi connectivity index (χ3n) is 2.61. The standard InChI is InChI=1S/C14H10BrFN4OS/c1-2-12-19-20-14(22-12)18-13(21)9(7-17)5-8-6-10(15)3-4-11(8)16/h3-6H,2H2,1H3,(H,18,20,21)/b9-5+. The molecule has 1 N–H and O–H groups in total. The van der Waals surface area contributed by atoms with E-state index in [2.05, 4.69) is 31.4 Å². The highest BCUT2D eigenvalue weighted by Crippen LogP contribution is 2.20. The van der Waals surface area contributed by atoms with Crippen LogP contribution in [0.4, 0.5) is 9.52 Å². The lowest BCUT2D eigenvalue weighted by atomic mass is 10.1. The van der Waals surface area contributed by atoms with Gasteiger partial charge in [-0.05, 0) is 30.7 Å². The topological polar surface area (TPSA) is 78.7 Å². The molecule has 5 nitrogen and oxygen atoms in total. The Balaban J connectivity index is 2.23. The van der Waals surface area contributed by atoms with Crippen LogP contribution in [-0.2, 0) is 11.2 Å². The Bertz CT molecular complexity index is 781. The van der Waals surface area contributed by atoms with Crippen LogP contribution in [-0.4, -0.2) is 16.1 Å². The summed E-state index contributed by atoms with van der Waals surface area (Å²) in [6, 6.07) is 6.03. The van der Waals surface area contributed by atoms with Gasteiger partial charge in [0, 0.05) is 10.0 Å². The molecule has 0 aliphatic carbocycles. The number of aryl methyl sites for hydroxylation is 1. The minimum Gasteiger partial charge on any atom is -0.296 e. The van der Waals surface area contributed by atoms with Crippen molar-refractivity contribution < 1.29 is 9.18 Å². The van der Waals surface area contributed by atoms with Gasteiger partial charge >= 0.3 is 0 Å². The summed E-state index contributed by atoms with van der Waals surface area (Å²) in [5.74, 6) is -1.17. The molecule has 0 saturated carbocycles. The van der Waals surface area contributed by atoms with E-state index in [1.807, 2.05) is 6.92 Å². The largest absolute Gasteiger partial charge is 0.296 e. The molecule has 0 atom stereocenters. The molecule has 112 valence electrons. The second-order valence-corrected chi connectivity index (χ2v) is 6.12. The van der Waals surface area contributed by atoms with Gasteiger partial charge in [-0.1, -0.05) is 34.2 Å². The van der Waals surface area contributed by atoms with Crippen molar-refractivity contribution in [1.82, 2.24) is 10.2 Å². The summed E-state index contributed by atoms with van der Waals surface area (Å²) in [7, 11) is 0. The van der Waals surface area contributed by atoms with Gasteiger partial charge in [-0.25, -0.2) is 4.39 Å². The van der Waals surface area contributed by atoms with Crippen molar-refractivity contribution in [1.29, 1.82) is 5.26 Å². The first-order valence-electron chi connectivity index (χ1n) is 6.24. The number of benzene rings is 1. The molecule has 1 aromatic carbocycles. The van der Waals surface area contributed by atoms with Crippen molar-refractivity contribution in [2.75, 3.05) is 5.32 Å². The molecule has 1 aromatic heterocycles. The van der Waals surface area contributed by atoms with Gasteiger partial charge in [-0.2, -0.15) is 5.26 Å². The summed E-state index contributed by atoms with van der Waals surface area (Å²) in [4.78, 5) is 12.0. The zero-order valence-electron chi connectivity index (χ0n) is 11.4. The molecule has 0 aliphatic rings. The Labute approximate surface area is 138 Å². The molecule has 8 heteroatoms. The molecule has 0 bridgehead atoms. The SMILES string of the molecule is CCc1nnc(NC(=O)/C(C#N)=C/c2cc(Br)ccc2F)s1. The average Bonchev–Trinajstić information content (AvgIpc) is 2.95. The summed E-state index contributed by atoms with van der Waals surface area (Å²) >= 11 is 4.44. The zero-order chi connectivity index (χ0) is 16.1. The van der Waals surface area contributed by atoms with Crippen molar-refractivity contribution in [3.05, 3.63) is 44.6 Å². The van der Waals surface area contributed by atoms with Crippen LogP contribution < -0.4 is 5.32 Å². The number of carbonyl (C=O) groups excluding carboxylic acids is 1. The maximum Gasteiger partial charge on any atom is 0.268 e. The molecule has 22 heavy (non-hydrogen) atoms. The van der Waals surface area contributed by atoms with Gasteiger partial charge in [0.2, 0.25) is 5.13 Å². The van der Waals surface area contributed by atoms with E-state index in [4.69, 9.17) is 5.26 Å². The number of hydrogen-bond donors (Lipinski definition) is 1. The lowest BCUT2D eigenvalue weighted by Gasteiger charge is -2.01. The minimum absolute atomic E-state index is 0.146. The van der Waals surface area contributed by atoms with Crippen LogP contribution in [0.1, 0.15) is 17.5 Å². The summed E-state index contributed by atoms with van der Waals surface area (Å²) in [6.07, 6.45) is 1.90. The fraction of sp³-hybridized carbons (Fsp3) is 0.143. The normalized spacial score (nSPS) is 11.1. The molecular formula is C14H10BrFN4OS. The van der Waals surface area contributed by atoms with E-state index in [9.17, 15) is 9.18 Å². The highest BCUT2D eigenvalue weighted by molar-refractivity contribution is 9.10.